The van der Waals surface area contributed by atoms with Crippen molar-refractivity contribution < 1.29 is 4.74 Å². The lowest BCUT2D eigenvalue weighted by Crippen LogP contribution is -2.53. The lowest BCUT2D eigenvalue weighted by Gasteiger charge is -2.45. The Hall–Kier alpha value is -1.33. The third-order valence-electron chi connectivity index (χ3n) is 4.49. The van der Waals surface area contributed by atoms with Gasteiger partial charge in [0.05, 0.1) is 30.1 Å². The first-order valence-electron chi connectivity index (χ1n) is 6.35. The minimum absolute atomic E-state index is 0.0198. The van der Waals surface area contributed by atoms with Gasteiger partial charge in [0.2, 0.25) is 0 Å². The number of rotatable bonds is 3. The van der Waals surface area contributed by atoms with E-state index in [9.17, 15) is 5.26 Å². The molecule has 1 aromatic carbocycles. The molecule has 3 rings (SSSR count). The maximum absolute atomic E-state index is 9.41. The van der Waals surface area contributed by atoms with Gasteiger partial charge in [-0.2, -0.15) is 5.26 Å². The monoisotopic (exact) mass is 227 g/mol. The number of ether oxygens (including phenoxy) is 1. The van der Waals surface area contributed by atoms with Crippen LogP contribution in [0.3, 0.4) is 0 Å². The molecule has 1 saturated carbocycles. The van der Waals surface area contributed by atoms with Crippen molar-refractivity contribution in [2.45, 2.75) is 31.6 Å². The molecule has 0 atom stereocenters. The summed E-state index contributed by atoms with van der Waals surface area (Å²) in [6, 6.07) is 11.3. The van der Waals surface area contributed by atoms with Crippen molar-refractivity contribution >= 4 is 0 Å². The van der Waals surface area contributed by atoms with E-state index in [1.54, 1.807) is 0 Å². The van der Waals surface area contributed by atoms with Crippen LogP contribution in [-0.2, 0) is 16.6 Å². The van der Waals surface area contributed by atoms with Gasteiger partial charge >= 0.3 is 0 Å². The van der Waals surface area contributed by atoms with Gasteiger partial charge in [0.1, 0.15) is 0 Å². The molecule has 2 aliphatic rings. The van der Waals surface area contributed by atoms with Gasteiger partial charge in [-0.05, 0) is 30.4 Å². The summed E-state index contributed by atoms with van der Waals surface area (Å²) in [7, 11) is 0. The number of benzene rings is 1. The maximum atomic E-state index is 9.41. The van der Waals surface area contributed by atoms with Crippen molar-refractivity contribution in [2.24, 2.45) is 5.41 Å². The van der Waals surface area contributed by atoms with Gasteiger partial charge in [-0.1, -0.05) is 31.2 Å². The summed E-state index contributed by atoms with van der Waals surface area (Å²) in [4.78, 5) is 0. The van der Waals surface area contributed by atoms with Crippen molar-refractivity contribution in [3.05, 3.63) is 35.4 Å². The summed E-state index contributed by atoms with van der Waals surface area (Å²) >= 11 is 0. The number of hydrogen-bond donors (Lipinski definition) is 0. The zero-order valence-electron chi connectivity index (χ0n) is 10.2. The van der Waals surface area contributed by atoms with Gasteiger partial charge in [-0.25, -0.2) is 0 Å². The van der Waals surface area contributed by atoms with Crippen LogP contribution >= 0.6 is 0 Å². The Morgan fingerprint density at radius 1 is 1.24 bits per heavy atom. The highest BCUT2D eigenvalue weighted by Crippen LogP contribution is 2.62. The molecular formula is C15H17NO. The summed E-state index contributed by atoms with van der Waals surface area (Å²) in [6.45, 7) is 3.59. The van der Waals surface area contributed by atoms with Crippen molar-refractivity contribution in [3.63, 3.8) is 0 Å². The maximum Gasteiger partial charge on any atom is 0.0716 e. The lowest BCUT2D eigenvalue weighted by molar-refractivity contribution is -0.0867. The molecule has 2 heteroatoms. The van der Waals surface area contributed by atoms with Gasteiger partial charge in [0, 0.05) is 0 Å². The number of hydrogen-bond acceptors (Lipinski definition) is 2. The smallest absolute Gasteiger partial charge is 0.0716 e. The third-order valence-corrected chi connectivity index (χ3v) is 4.49. The molecular weight excluding hydrogens is 210 g/mol. The Morgan fingerprint density at radius 3 is 2.24 bits per heavy atom. The Balaban J connectivity index is 1.98. The molecule has 0 bridgehead atoms. The topological polar surface area (TPSA) is 33.0 Å². The molecule has 1 saturated heterocycles. The van der Waals surface area contributed by atoms with Crippen LogP contribution in [0.5, 0.6) is 0 Å². The molecule has 17 heavy (non-hydrogen) atoms. The van der Waals surface area contributed by atoms with Crippen LogP contribution in [-0.4, -0.2) is 13.2 Å². The van der Waals surface area contributed by atoms with E-state index in [-0.39, 0.29) is 10.8 Å². The quantitative estimate of drug-likeness (QED) is 0.795. The fraction of sp³-hybridized carbons (Fsp3) is 0.533. The van der Waals surface area contributed by atoms with E-state index >= 15 is 0 Å². The van der Waals surface area contributed by atoms with E-state index in [1.165, 1.54) is 11.1 Å². The Bertz CT molecular complexity index is 461. The van der Waals surface area contributed by atoms with E-state index in [2.05, 4.69) is 37.3 Å². The molecule has 0 amide bonds. The Kier molecular flexibility index (Phi) is 2.27. The summed E-state index contributed by atoms with van der Waals surface area (Å²) in [5, 5.41) is 9.41. The molecule has 1 aromatic rings. The van der Waals surface area contributed by atoms with Crippen LogP contribution < -0.4 is 0 Å². The molecule has 1 aliphatic carbocycles. The van der Waals surface area contributed by atoms with Gasteiger partial charge in [0.15, 0.2) is 0 Å². The van der Waals surface area contributed by atoms with Crippen molar-refractivity contribution in [1.82, 2.24) is 0 Å². The highest BCUT2D eigenvalue weighted by Gasteiger charge is 2.64. The molecule has 0 N–H and O–H groups in total. The molecule has 0 spiro atoms. The van der Waals surface area contributed by atoms with Crippen LogP contribution in [0.15, 0.2) is 24.3 Å². The van der Waals surface area contributed by atoms with Crippen molar-refractivity contribution in [3.8, 4) is 6.07 Å². The predicted molar refractivity (Wildman–Crippen MR) is 65.6 cm³/mol. The lowest BCUT2D eigenvalue weighted by atomic mass is 9.66. The van der Waals surface area contributed by atoms with Crippen molar-refractivity contribution in [2.75, 3.05) is 13.2 Å². The average molecular weight is 227 g/mol. The molecule has 2 fully saturated rings. The van der Waals surface area contributed by atoms with Crippen LogP contribution in [0.1, 0.15) is 30.9 Å². The zero-order valence-corrected chi connectivity index (χ0v) is 10.2. The highest BCUT2D eigenvalue weighted by molar-refractivity contribution is 5.40. The number of aryl methyl sites for hydroxylation is 1. The van der Waals surface area contributed by atoms with E-state index in [4.69, 9.17) is 4.74 Å². The second-order valence-corrected chi connectivity index (χ2v) is 5.32. The van der Waals surface area contributed by atoms with E-state index in [0.717, 1.165) is 19.3 Å². The van der Waals surface area contributed by atoms with Gasteiger partial charge in [0.25, 0.3) is 0 Å². The Morgan fingerprint density at radius 2 is 1.88 bits per heavy atom. The molecule has 0 unspecified atom stereocenters. The molecule has 1 heterocycles. The summed E-state index contributed by atoms with van der Waals surface area (Å²) < 4.78 is 5.43. The van der Waals surface area contributed by atoms with Gasteiger partial charge < -0.3 is 4.74 Å². The first-order chi connectivity index (χ1) is 8.26. The second kappa shape index (κ2) is 3.58. The van der Waals surface area contributed by atoms with Gasteiger partial charge in [-0.3, -0.25) is 0 Å². The summed E-state index contributed by atoms with van der Waals surface area (Å²) in [6.07, 6.45) is 3.12. The van der Waals surface area contributed by atoms with Crippen LogP contribution in [0, 0.1) is 16.7 Å². The zero-order chi connectivity index (χ0) is 11.9. The fourth-order valence-electron chi connectivity index (χ4n) is 2.91. The number of nitriles is 1. The first-order valence-corrected chi connectivity index (χ1v) is 6.35. The van der Waals surface area contributed by atoms with E-state index < -0.39 is 0 Å². The molecule has 0 aromatic heterocycles. The molecule has 0 radical (unpaired) electrons. The number of nitrogens with zero attached hydrogens (tertiary/aromatic N) is 1. The Labute approximate surface area is 102 Å². The fourth-order valence-corrected chi connectivity index (χ4v) is 2.91. The van der Waals surface area contributed by atoms with Crippen LogP contribution in [0.25, 0.3) is 0 Å². The normalized spacial score (nSPS) is 23.5. The predicted octanol–water partition coefficient (Wildman–Crippen LogP) is 2.82. The first kappa shape index (κ1) is 10.8. The minimum atomic E-state index is -0.140. The third kappa shape index (κ3) is 1.36. The molecule has 2 nitrogen and oxygen atoms in total. The molecule has 1 aliphatic heterocycles. The standard InChI is InChI=1S/C15H17NO/c1-2-12-3-5-13(6-4-12)15(10-17-11-15)14(9-16)7-8-14/h3-6H,2,7-8,10-11H2,1H3. The van der Waals surface area contributed by atoms with E-state index in [0.29, 0.717) is 13.2 Å². The van der Waals surface area contributed by atoms with Crippen molar-refractivity contribution in [1.29, 1.82) is 5.26 Å². The largest absolute Gasteiger partial charge is 0.379 e. The van der Waals surface area contributed by atoms with E-state index in [1.807, 2.05) is 0 Å². The SMILES string of the molecule is CCc1ccc(C2(C3(C#N)CC3)COC2)cc1. The second-order valence-electron chi connectivity index (χ2n) is 5.32. The van der Waals surface area contributed by atoms with Crippen LogP contribution in [0.2, 0.25) is 0 Å². The molecule has 88 valence electrons. The summed E-state index contributed by atoms with van der Waals surface area (Å²) in [5.41, 5.74) is 2.48. The van der Waals surface area contributed by atoms with Crippen LogP contribution in [0.4, 0.5) is 0 Å². The van der Waals surface area contributed by atoms with Gasteiger partial charge in [-0.15, -0.1) is 0 Å². The summed E-state index contributed by atoms with van der Waals surface area (Å²) in [5.74, 6) is 0. The highest BCUT2D eigenvalue weighted by atomic mass is 16.5. The minimum Gasteiger partial charge on any atom is -0.379 e. The average Bonchev–Trinajstić information content (AvgIpc) is 3.10.